The quantitative estimate of drug-likeness (QED) is 0.794. The Labute approximate surface area is 148 Å². The van der Waals surface area contributed by atoms with Crippen molar-refractivity contribution in [1.82, 2.24) is 9.80 Å². The lowest BCUT2D eigenvalue weighted by Crippen LogP contribution is -2.47. The van der Waals surface area contributed by atoms with Crippen molar-refractivity contribution in [3.63, 3.8) is 0 Å². The van der Waals surface area contributed by atoms with Gasteiger partial charge in [-0.1, -0.05) is 19.4 Å². The average molecular weight is 346 g/mol. The molecule has 136 valence electrons. The number of carbonyl (C=O) groups excluding carboxylic acids is 2. The smallest absolute Gasteiger partial charge is 0.245 e. The van der Waals surface area contributed by atoms with Crippen LogP contribution in [-0.2, 0) is 16.1 Å². The van der Waals surface area contributed by atoms with Gasteiger partial charge in [0.05, 0.1) is 0 Å². The second kappa shape index (κ2) is 7.76. The van der Waals surface area contributed by atoms with Crippen molar-refractivity contribution in [3.05, 3.63) is 23.8 Å². The van der Waals surface area contributed by atoms with Crippen LogP contribution in [0.2, 0.25) is 0 Å². The summed E-state index contributed by atoms with van der Waals surface area (Å²) in [6, 6.07) is 5.48. The average Bonchev–Trinajstić information content (AvgIpc) is 3.26. The molecule has 2 aliphatic rings. The highest BCUT2D eigenvalue weighted by Crippen LogP contribution is 2.33. The Morgan fingerprint density at radius 1 is 1.28 bits per heavy atom. The van der Waals surface area contributed by atoms with E-state index in [1.165, 1.54) is 0 Å². The summed E-state index contributed by atoms with van der Waals surface area (Å²) in [7, 11) is 0. The lowest BCUT2D eigenvalue weighted by atomic mass is 10.1. The zero-order valence-corrected chi connectivity index (χ0v) is 15.0. The predicted molar refractivity (Wildman–Crippen MR) is 93.3 cm³/mol. The third kappa shape index (κ3) is 3.89. The van der Waals surface area contributed by atoms with Gasteiger partial charge >= 0.3 is 0 Å². The minimum Gasteiger partial charge on any atom is -0.454 e. The number of hydrogen-bond acceptors (Lipinski definition) is 4. The van der Waals surface area contributed by atoms with Crippen LogP contribution in [0.4, 0.5) is 0 Å². The van der Waals surface area contributed by atoms with Crippen molar-refractivity contribution in [2.75, 3.05) is 19.9 Å². The van der Waals surface area contributed by atoms with Crippen LogP contribution >= 0.6 is 0 Å². The van der Waals surface area contributed by atoms with Gasteiger partial charge < -0.3 is 19.3 Å². The van der Waals surface area contributed by atoms with Crippen LogP contribution in [-0.4, -0.2) is 47.5 Å². The number of unbranched alkanes of at least 4 members (excludes halogenated alkanes) is 1. The fourth-order valence-corrected chi connectivity index (χ4v) is 3.49. The fraction of sp³-hybridized carbons (Fsp3) is 0.579. The lowest BCUT2D eigenvalue weighted by Gasteiger charge is -2.30. The second-order valence-corrected chi connectivity index (χ2v) is 6.67. The number of ether oxygens (including phenoxy) is 2. The van der Waals surface area contributed by atoms with E-state index >= 15 is 0 Å². The molecule has 1 fully saturated rings. The molecular formula is C19H26N2O4. The number of likely N-dealkylation sites (tertiary alicyclic amines) is 1. The topological polar surface area (TPSA) is 59.1 Å². The normalized spacial score (nSPS) is 18.5. The number of fused-ring (bicyclic) bond motifs is 1. The Morgan fingerprint density at radius 3 is 2.84 bits per heavy atom. The zero-order chi connectivity index (χ0) is 17.8. The van der Waals surface area contributed by atoms with Crippen LogP contribution in [0, 0.1) is 0 Å². The molecule has 0 bridgehead atoms. The Bertz CT molecular complexity index is 646. The highest BCUT2D eigenvalue weighted by Gasteiger charge is 2.35. The fourth-order valence-electron chi connectivity index (χ4n) is 3.49. The summed E-state index contributed by atoms with van der Waals surface area (Å²) < 4.78 is 10.8. The molecule has 0 aliphatic carbocycles. The van der Waals surface area contributed by atoms with Crippen molar-refractivity contribution >= 4 is 11.8 Å². The van der Waals surface area contributed by atoms with E-state index in [4.69, 9.17) is 9.47 Å². The molecule has 1 aromatic rings. The number of benzene rings is 1. The Kier molecular flexibility index (Phi) is 5.46. The first-order chi connectivity index (χ1) is 12.1. The highest BCUT2D eigenvalue weighted by atomic mass is 16.7. The first-order valence-corrected chi connectivity index (χ1v) is 9.04. The number of carbonyl (C=O) groups is 2. The van der Waals surface area contributed by atoms with Crippen LogP contribution in [0.25, 0.3) is 0 Å². The summed E-state index contributed by atoms with van der Waals surface area (Å²) in [5.74, 6) is 1.51. The number of hydrogen-bond donors (Lipinski definition) is 0. The van der Waals surface area contributed by atoms with Gasteiger partial charge in [0.1, 0.15) is 6.04 Å². The monoisotopic (exact) mass is 346 g/mol. The molecule has 0 radical (unpaired) electrons. The number of nitrogens with zero attached hydrogens (tertiary/aromatic N) is 2. The Balaban J connectivity index is 1.74. The van der Waals surface area contributed by atoms with Gasteiger partial charge in [-0.2, -0.15) is 0 Å². The zero-order valence-electron chi connectivity index (χ0n) is 15.0. The van der Waals surface area contributed by atoms with E-state index in [9.17, 15) is 9.59 Å². The van der Waals surface area contributed by atoms with Crippen LogP contribution in [0.5, 0.6) is 11.5 Å². The maximum atomic E-state index is 13.1. The SMILES string of the molecule is CCCCN(Cc1ccc2c(c1)OCO2)C(=O)[C@@H]1CCCN1C(C)=O. The third-order valence-electron chi connectivity index (χ3n) is 4.85. The molecule has 2 aliphatic heterocycles. The molecule has 0 spiro atoms. The number of rotatable bonds is 6. The largest absolute Gasteiger partial charge is 0.454 e. The van der Waals surface area contributed by atoms with E-state index < -0.39 is 0 Å². The van der Waals surface area contributed by atoms with Crippen LogP contribution in [0.15, 0.2) is 18.2 Å². The first-order valence-electron chi connectivity index (χ1n) is 9.04. The molecule has 6 heteroatoms. The van der Waals surface area contributed by atoms with E-state index in [0.717, 1.165) is 42.7 Å². The van der Waals surface area contributed by atoms with Gasteiger partial charge in [-0.15, -0.1) is 0 Å². The van der Waals surface area contributed by atoms with Gasteiger partial charge in [0.2, 0.25) is 18.6 Å². The van der Waals surface area contributed by atoms with E-state index in [-0.39, 0.29) is 24.6 Å². The van der Waals surface area contributed by atoms with E-state index in [0.29, 0.717) is 19.6 Å². The summed E-state index contributed by atoms with van der Waals surface area (Å²) >= 11 is 0. The molecule has 1 saturated heterocycles. The molecule has 25 heavy (non-hydrogen) atoms. The van der Waals surface area contributed by atoms with E-state index in [1.54, 1.807) is 11.8 Å². The molecule has 0 saturated carbocycles. The van der Waals surface area contributed by atoms with Gasteiger partial charge in [-0.3, -0.25) is 9.59 Å². The highest BCUT2D eigenvalue weighted by molar-refractivity contribution is 5.87. The van der Waals surface area contributed by atoms with E-state index in [1.807, 2.05) is 23.1 Å². The van der Waals surface area contributed by atoms with Gasteiger partial charge in [-0.05, 0) is 37.0 Å². The summed E-state index contributed by atoms with van der Waals surface area (Å²) in [4.78, 5) is 28.5. The van der Waals surface area contributed by atoms with Crippen LogP contribution in [0.1, 0.15) is 45.1 Å². The molecule has 2 amide bonds. The minimum absolute atomic E-state index is 0.0191. The van der Waals surface area contributed by atoms with Crippen LogP contribution < -0.4 is 9.47 Å². The Morgan fingerprint density at radius 2 is 2.08 bits per heavy atom. The summed E-state index contributed by atoms with van der Waals surface area (Å²) in [6.45, 7) is 5.80. The minimum atomic E-state index is -0.316. The standard InChI is InChI=1S/C19H26N2O4/c1-3-4-9-20(19(23)16-6-5-10-21(16)14(2)22)12-15-7-8-17-18(11-15)25-13-24-17/h7-8,11,16H,3-6,9-10,12-13H2,1-2H3/t16-/m0/s1. The third-order valence-corrected chi connectivity index (χ3v) is 4.85. The van der Waals surface area contributed by atoms with Crippen molar-refractivity contribution in [2.24, 2.45) is 0 Å². The molecule has 6 nitrogen and oxygen atoms in total. The van der Waals surface area contributed by atoms with Crippen molar-refractivity contribution in [3.8, 4) is 11.5 Å². The molecule has 3 rings (SSSR count). The maximum Gasteiger partial charge on any atom is 0.245 e. The lowest BCUT2D eigenvalue weighted by molar-refractivity contribution is -0.143. The van der Waals surface area contributed by atoms with Crippen molar-refractivity contribution in [2.45, 2.75) is 52.1 Å². The first kappa shape index (κ1) is 17.6. The predicted octanol–water partition coefficient (Wildman–Crippen LogP) is 2.55. The van der Waals surface area contributed by atoms with Crippen molar-refractivity contribution in [1.29, 1.82) is 0 Å². The van der Waals surface area contributed by atoms with Gasteiger partial charge in [-0.25, -0.2) is 0 Å². The summed E-state index contributed by atoms with van der Waals surface area (Å²) in [6.07, 6.45) is 3.61. The molecule has 0 unspecified atom stereocenters. The molecule has 0 N–H and O–H groups in total. The van der Waals surface area contributed by atoms with E-state index in [2.05, 4.69) is 6.92 Å². The maximum absolute atomic E-state index is 13.1. The van der Waals surface area contributed by atoms with Gasteiger partial charge in [0.15, 0.2) is 11.5 Å². The summed E-state index contributed by atoms with van der Waals surface area (Å²) in [5, 5.41) is 0. The van der Waals surface area contributed by atoms with Crippen molar-refractivity contribution < 1.29 is 19.1 Å². The van der Waals surface area contributed by atoms with Crippen LogP contribution in [0.3, 0.4) is 0 Å². The molecule has 2 heterocycles. The number of amides is 2. The second-order valence-electron chi connectivity index (χ2n) is 6.67. The molecule has 0 aromatic heterocycles. The Hall–Kier alpha value is -2.24. The molecular weight excluding hydrogens is 320 g/mol. The van der Waals surface area contributed by atoms with Gasteiger partial charge in [0, 0.05) is 26.6 Å². The molecule has 1 aromatic carbocycles. The molecule has 1 atom stereocenters. The van der Waals surface area contributed by atoms with Gasteiger partial charge in [0.25, 0.3) is 0 Å². The summed E-state index contributed by atoms with van der Waals surface area (Å²) in [5.41, 5.74) is 1.01.